The lowest BCUT2D eigenvalue weighted by molar-refractivity contribution is -0.274. The van der Waals surface area contributed by atoms with E-state index in [-0.39, 0.29) is 34.8 Å². The molecule has 0 aromatic heterocycles. The summed E-state index contributed by atoms with van der Waals surface area (Å²) in [4.78, 5) is 14.5. The van der Waals surface area contributed by atoms with Crippen LogP contribution in [0, 0.1) is 5.92 Å². The highest BCUT2D eigenvalue weighted by atomic mass is 32.2. The van der Waals surface area contributed by atoms with E-state index in [4.69, 9.17) is 4.74 Å². The van der Waals surface area contributed by atoms with Crippen molar-refractivity contribution in [2.45, 2.75) is 31.0 Å². The van der Waals surface area contributed by atoms with Crippen LogP contribution >= 0.6 is 0 Å². The molecule has 0 bridgehead atoms. The van der Waals surface area contributed by atoms with Crippen LogP contribution in [0.1, 0.15) is 19.8 Å². The minimum atomic E-state index is -4.91. The molecule has 34 heavy (non-hydrogen) atoms. The molecule has 3 rings (SSSR count). The Morgan fingerprint density at radius 1 is 1.12 bits per heavy atom. The van der Waals surface area contributed by atoms with Gasteiger partial charge in [0.2, 0.25) is 5.91 Å². The van der Waals surface area contributed by atoms with Crippen LogP contribution in [0.5, 0.6) is 11.5 Å². The fourth-order valence-corrected chi connectivity index (χ4v) is 4.74. The minimum absolute atomic E-state index is 0.00104. The monoisotopic (exact) mass is 501 g/mol. The second-order valence-corrected chi connectivity index (χ2v) is 9.49. The third-order valence-electron chi connectivity index (χ3n) is 5.21. The van der Waals surface area contributed by atoms with Gasteiger partial charge in [-0.25, -0.2) is 8.42 Å². The number of hydrogen-bond donors (Lipinski definition) is 2. The molecule has 8 nitrogen and oxygen atoms in total. The molecule has 0 spiro atoms. The van der Waals surface area contributed by atoms with Crippen LogP contribution in [0.15, 0.2) is 47.4 Å². The van der Waals surface area contributed by atoms with Crippen LogP contribution in [0.4, 0.5) is 24.5 Å². The summed E-state index contributed by atoms with van der Waals surface area (Å²) < 4.78 is 74.9. The summed E-state index contributed by atoms with van der Waals surface area (Å²) in [7, 11) is -2.23. The minimum Gasteiger partial charge on any atom is -0.492 e. The van der Waals surface area contributed by atoms with Gasteiger partial charge in [0.05, 0.1) is 12.3 Å². The number of piperidine rings is 1. The topological polar surface area (TPSA) is 97.0 Å². The fraction of sp³-hybridized carbons (Fsp3) is 0.409. The quantitative estimate of drug-likeness (QED) is 0.566. The van der Waals surface area contributed by atoms with Gasteiger partial charge in [-0.05, 0) is 64.2 Å². The summed E-state index contributed by atoms with van der Waals surface area (Å²) in [5.41, 5.74) is 0.260. The maximum absolute atomic E-state index is 13.0. The molecule has 0 radical (unpaired) electrons. The van der Waals surface area contributed by atoms with E-state index in [2.05, 4.69) is 19.7 Å². The van der Waals surface area contributed by atoms with E-state index in [1.54, 1.807) is 6.92 Å². The molecule has 1 aliphatic heterocycles. The molecule has 12 heteroatoms. The average Bonchev–Trinajstić information content (AvgIpc) is 2.73. The zero-order valence-corrected chi connectivity index (χ0v) is 19.5. The van der Waals surface area contributed by atoms with Gasteiger partial charge >= 0.3 is 6.36 Å². The Kier molecular flexibility index (Phi) is 7.93. The number of rotatable bonds is 8. The average molecular weight is 502 g/mol. The summed E-state index contributed by atoms with van der Waals surface area (Å²) >= 11 is 0. The van der Waals surface area contributed by atoms with Crippen molar-refractivity contribution < 1.29 is 35.9 Å². The molecular formula is C22H26F3N3O5S. The van der Waals surface area contributed by atoms with E-state index in [0.29, 0.717) is 5.69 Å². The number of sulfonamides is 1. The largest absolute Gasteiger partial charge is 0.573 e. The fourth-order valence-electron chi connectivity index (χ4n) is 3.56. The van der Waals surface area contributed by atoms with E-state index >= 15 is 0 Å². The first kappa shape index (κ1) is 25.6. The maximum Gasteiger partial charge on any atom is 0.573 e. The number of likely N-dealkylation sites (tertiary alicyclic amines) is 1. The molecule has 0 aliphatic carbocycles. The second kappa shape index (κ2) is 10.5. The summed E-state index contributed by atoms with van der Waals surface area (Å²) in [5, 5.41) is 2.81. The Morgan fingerprint density at radius 2 is 1.82 bits per heavy atom. The first-order chi connectivity index (χ1) is 16.0. The third-order valence-corrected chi connectivity index (χ3v) is 6.63. The highest BCUT2D eigenvalue weighted by Gasteiger charge is 2.31. The zero-order valence-electron chi connectivity index (χ0n) is 18.7. The molecule has 2 aromatic rings. The van der Waals surface area contributed by atoms with Crippen LogP contribution in [-0.4, -0.2) is 52.3 Å². The van der Waals surface area contributed by atoms with E-state index in [9.17, 15) is 26.4 Å². The number of anilines is 2. The molecule has 2 aromatic carbocycles. The van der Waals surface area contributed by atoms with Crippen molar-refractivity contribution in [3.8, 4) is 11.5 Å². The summed E-state index contributed by atoms with van der Waals surface area (Å²) in [6.45, 7) is 3.47. The normalized spacial score (nSPS) is 15.6. The number of nitrogens with one attached hydrogen (secondary N) is 2. The molecule has 2 N–H and O–H groups in total. The third kappa shape index (κ3) is 7.00. The molecule has 1 fully saturated rings. The Balaban J connectivity index is 1.79. The molecule has 1 aliphatic rings. The second-order valence-electron chi connectivity index (χ2n) is 7.84. The molecule has 1 saturated heterocycles. The van der Waals surface area contributed by atoms with Crippen LogP contribution in [0.25, 0.3) is 0 Å². The number of carbonyl (C=O) groups is 1. The molecular weight excluding hydrogens is 475 g/mol. The lowest BCUT2D eigenvalue weighted by Gasteiger charge is -2.28. The highest BCUT2D eigenvalue weighted by Crippen LogP contribution is 2.31. The summed E-state index contributed by atoms with van der Waals surface area (Å²) in [6.07, 6.45) is -3.45. The van der Waals surface area contributed by atoms with E-state index in [0.717, 1.165) is 38.1 Å². The number of alkyl halides is 3. The first-order valence-corrected chi connectivity index (χ1v) is 12.1. The number of halogens is 3. The lowest BCUT2D eigenvalue weighted by atomic mass is 9.96. The summed E-state index contributed by atoms with van der Waals surface area (Å²) in [5.74, 6) is -0.850. The Bertz CT molecular complexity index is 1120. The number of amides is 1. The van der Waals surface area contributed by atoms with Gasteiger partial charge in [0, 0.05) is 23.7 Å². The van der Waals surface area contributed by atoms with Crippen LogP contribution in [0.3, 0.4) is 0 Å². The predicted octanol–water partition coefficient (Wildman–Crippen LogP) is 4.07. The predicted molar refractivity (Wildman–Crippen MR) is 120 cm³/mol. The molecule has 186 valence electrons. The van der Waals surface area contributed by atoms with E-state index in [1.165, 1.54) is 30.3 Å². The zero-order chi connectivity index (χ0) is 24.9. The van der Waals surface area contributed by atoms with E-state index in [1.807, 2.05) is 7.05 Å². The van der Waals surface area contributed by atoms with Crippen LogP contribution in [-0.2, 0) is 14.8 Å². The standard InChI is InChI=1S/C22H26F3N3O5S/c1-3-32-19-14-16(26-21(29)15-9-11-28(2)12-10-15)7-8-20(19)34(30,31)27-17-5-4-6-18(13-17)33-22(23,24)25/h4-8,13-15,27H,3,9-12H2,1-2H3,(H,26,29). The molecule has 0 saturated carbocycles. The molecule has 0 atom stereocenters. The maximum atomic E-state index is 13.0. The smallest absolute Gasteiger partial charge is 0.492 e. The first-order valence-electron chi connectivity index (χ1n) is 10.6. The van der Waals surface area contributed by atoms with Crippen LogP contribution < -0.4 is 19.5 Å². The molecule has 0 unspecified atom stereocenters. The van der Waals surface area contributed by atoms with Gasteiger partial charge < -0.3 is 19.7 Å². The van der Waals surface area contributed by atoms with Crippen molar-refractivity contribution in [1.82, 2.24) is 4.90 Å². The number of ether oxygens (including phenoxy) is 2. The number of benzene rings is 2. The Hall–Kier alpha value is -2.99. The van der Waals surface area contributed by atoms with Gasteiger partial charge in [-0.1, -0.05) is 6.07 Å². The number of nitrogens with zero attached hydrogens (tertiary/aromatic N) is 1. The van der Waals surface area contributed by atoms with Crippen molar-refractivity contribution >= 4 is 27.3 Å². The van der Waals surface area contributed by atoms with Crippen molar-refractivity contribution in [1.29, 1.82) is 0 Å². The van der Waals surface area contributed by atoms with Gasteiger partial charge in [-0.3, -0.25) is 9.52 Å². The van der Waals surface area contributed by atoms with Gasteiger partial charge in [0.25, 0.3) is 10.0 Å². The number of hydrogen-bond acceptors (Lipinski definition) is 6. The van der Waals surface area contributed by atoms with Crippen molar-refractivity contribution in [2.24, 2.45) is 5.92 Å². The molecule has 1 amide bonds. The van der Waals surface area contributed by atoms with Gasteiger partial charge in [-0.2, -0.15) is 0 Å². The molecule has 1 heterocycles. The number of carbonyl (C=O) groups excluding carboxylic acids is 1. The van der Waals surface area contributed by atoms with Gasteiger partial charge in [0.15, 0.2) is 0 Å². The lowest BCUT2D eigenvalue weighted by Crippen LogP contribution is -2.35. The van der Waals surface area contributed by atoms with Gasteiger partial charge in [0.1, 0.15) is 16.4 Å². The van der Waals surface area contributed by atoms with E-state index < -0.39 is 22.1 Å². The SMILES string of the molecule is CCOc1cc(NC(=O)C2CCN(C)CC2)ccc1S(=O)(=O)Nc1cccc(OC(F)(F)F)c1. The Morgan fingerprint density at radius 3 is 2.47 bits per heavy atom. The van der Waals surface area contributed by atoms with Gasteiger partial charge in [-0.15, -0.1) is 13.2 Å². The summed E-state index contributed by atoms with van der Waals surface area (Å²) in [6, 6.07) is 8.61. The van der Waals surface area contributed by atoms with Crippen molar-refractivity contribution in [3.63, 3.8) is 0 Å². The van der Waals surface area contributed by atoms with Crippen molar-refractivity contribution in [3.05, 3.63) is 42.5 Å². The van der Waals surface area contributed by atoms with Crippen LogP contribution in [0.2, 0.25) is 0 Å². The van der Waals surface area contributed by atoms with Crippen molar-refractivity contribution in [2.75, 3.05) is 36.8 Å². The highest BCUT2D eigenvalue weighted by molar-refractivity contribution is 7.92. The Labute approximate surface area is 196 Å².